The van der Waals surface area contributed by atoms with E-state index in [1.165, 1.54) is 10.4 Å². The molecule has 0 spiro atoms. The maximum Gasteiger partial charge on any atom is 0.0794 e. The van der Waals surface area contributed by atoms with Gasteiger partial charge in [-0.3, -0.25) is 4.98 Å². The molecule has 0 radical (unpaired) electrons. The first-order chi connectivity index (χ1) is 8.70. The zero-order chi connectivity index (χ0) is 13.0. The molecule has 0 fully saturated rings. The fourth-order valence-electron chi connectivity index (χ4n) is 1.85. The van der Waals surface area contributed by atoms with Crippen LogP contribution in [-0.4, -0.2) is 15.6 Å². The van der Waals surface area contributed by atoms with Gasteiger partial charge in [-0.15, -0.1) is 11.3 Å². The highest BCUT2D eigenvalue weighted by Gasteiger charge is 2.31. The predicted octanol–water partition coefficient (Wildman–Crippen LogP) is 5.07. The summed E-state index contributed by atoms with van der Waals surface area (Å²) in [6.45, 7) is 0. The molecule has 0 unspecified atom stereocenters. The van der Waals surface area contributed by atoms with Gasteiger partial charge in [0.15, 0.2) is 0 Å². The molecular weight excluding hydrogens is 397 g/mol. The molecule has 0 saturated carbocycles. The average Bonchev–Trinajstić information content (AvgIpc) is 2.90. The lowest BCUT2D eigenvalue weighted by molar-refractivity contribution is 0.555. The first-order valence-corrected chi connectivity index (χ1v) is 8.95. The van der Waals surface area contributed by atoms with Crippen LogP contribution in [0, 0.1) is 0 Å². The lowest BCUT2D eigenvalue weighted by Crippen LogP contribution is -2.32. The molecule has 1 heterocycles. The summed E-state index contributed by atoms with van der Waals surface area (Å²) in [6.07, 6.45) is 2.91. The standard InChI is InChI=1S/C13H12Br2ClNS/c14-7-13(8-15,5-12-6-17-9-18-12)10-1-3-11(16)4-2-10/h1-4,6,9H,5,7-8H2. The third-order valence-electron chi connectivity index (χ3n) is 2.96. The van der Waals surface area contributed by atoms with Gasteiger partial charge in [-0.2, -0.15) is 0 Å². The monoisotopic (exact) mass is 407 g/mol. The Morgan fingerprint density at radius 1 is 1.17 bits per heavy atom. The molecule has 0 saturated heterocycles. The van der Waals surface area contributed by atoms with E-state index in [2.05, 4.69) is 49.0 Å². The zero-order valence-electron chi connectivity index (χ0n) is 9.57. The van der Waals surface area contributed by atoms with Crippen LogP contribution in [0.4, 0.5) is 0 Å². The van der Waals surface area contributed by atoms with Crippen molar-refractivity contribution in [2.45, 2.75) is 11.8 Å². The molecule has 18 heavy (non-hydrogen) atoms. The second-order valence-electron chi connectivity index (χ2n) is 4.20. The minimum absolute atomic E-state index is 0.0388. The summed E-state index contributed by atoms with van der Waals surface area (Å²) < 4.78 is 0. The van der Waals surface area contributed by atoms with Crippen molar-refractivity contribution >= 4 is 54.8 Å². The number of hydrogen-bond acceptors (Lipinski definition) is 2. The maximum atomic E-state index is 5.96. The lowest BCUT2D eigenvalue weighted by Gasteiger charge is -2.30. The highest BCUT2D eigenvalue weighted by molar-refractivity contribution is 9.09. The number of alkyl halides is 2. The van der Waals surface area contributed by atoms with E-state index in [1.54, 1.807) is 11.3 Å². The third-order valence-corrected chi connectivity index (χ3v) is 6.14. The minimum atomic E-state index is 0.0388. The average molecular weight is 410 g/mol. The van der Waals surface area contributed by atoms with Crippen LogP contribution in [0.2, 0.25) is 5.02 Å². The number of halogens is 3. The highest BCUT2D eigenvalue weighted by Crippen LogP contribution is 2.34. The van der Waals surface area contributed by atoms with Gasteiger partial charge in [0, 0.05) is 32.2 Å². The second-order valence-corrected chi connectivity index (χ2v) is 6.73. The highest BCUT2D eigenvalue weighted by atomic mass is 79.9. The van der Waals surface area contributed by atoms with Crippen molar-refractivity contribution in [3.05, 3.63) is 51.4 Å². The molecular formula is C13H12Br2ClNS. The van der Waals surface area contributed by atoms with E-state index in [4.69, 9.17) is 11.6 Å². The fraction of sp³-hybridized carbons (Fsp3) is 0.308. The molecule has 0 N–H and O–H groups in total. The van der Waals surface area contributed by atoms with E-state index in [0.29, 0.717) is 0 Å². The smallest absolute Gasteiger partial charge is 0.0794 e. The molecule has 0 aliphatic rings. The molecule has 0 atom stereocenters. The number of rotatable bonds is 5. The van der Waals surface area contributed by atoms with Gasteiger partial charge in [-0.1, -0.05) is 55.6 Å². The Hall–Kier alpha value is 0.100. The summed E-state index contributed by atoms with van der Waals surface area (Å²) in [4.78, 5) is 5.44. The minimum Gasteiger partial charge on any atom is -0.253 e. The fourth-order valence-corrected chi connectivity index (χ4v) is 4.69. The summed E-state index contributed by atoms with van der Waals surface area (Å²) in [5, 5.41) is 2.56. The summed E-state index contributed by atoms with van der Waals surface area (Å²) in [5.74, 6) is 0. The number of hydrogen-bond donors (Lipinski definition) is 0. The van der Waals surface area contributed by atoms with E-state index in [-0.39, 0.29) is 5.41 Å². The summed E-state index contributed by atoms with van der Waals surface area (Å²) in [7, 11) is 0. The number of aromatic nitrogens is 1. The normalized spacial score (nSPS) is 11.7. The van der Waals surface area contributed by atoms with E-state index in [0.717, 1.165) is 22.1 Å². The Morgan fingerprint density at radius 3 is 2.33 bits per heavy atom. The van der Waals surface area contributed by atoms with Crippen molar-refractivity contribution in [3.8, 4) is 0 Å². The largest absolute Gasteiger partial charge is 0.253 e. The molecule has 0 aliphatic heterocycles. The van der Waals surface area contributed by atoms with E-state index < -0.39 is 0 Å². The number of thiazole rings is 1. The van der Waals surface area contributed by atoms with Crippen LogP contribution < -0.4 is 0 Å². The van der Waals surface area contributed by atoms with Gasteiger partial charge in [-0.05, 0) is 24.1 Å². The van der Waals surface area contributed by atoms with Crippen molar-refractivity contribution in [2.24, 2.45) is 0 Å². The Kier molecular flexibility index (Phi) is 5.24. The summed E-state index contributed by atoms with van der Waals surface area (Å²) >= 11 is 15.0. The Labute approximate surface area is 133 Å². The van der Waals surface area contributed by atoms with Crippen LogP contribution in [0.15, 0.2) is 36.0 Å². The Bertz CT molecular complexity index is 480. The Morgan fingerprint density at radius 2 is 1.83 bits per heavy atom. The van der Waals surface area contributed by atoms with Crippen LogP contribution in [-0.2, 0) is 11.8 Å². The van der Waals surface area contributed by atoms with Crippen molar-refractivity contribution < 1.29 is 0 Å². The molecule has 0 bridgehead atoms. The van der Waals surface area contributed by atoms with Crippen molar-refractivity contribution in [1.29, 1.82) is 0 Å². The van der Waals surface area contributed by atoms with E-state index in [9.17, 15) is 0 Å². The van der Waals surface area contributed by atoms with Gasteiger partial charge >= 0.3 is 0 Å². The third kappa shape index (κ3) is 3.16. The summed E-state index contributed by atoms with van der Waals surface area (Å²) in [6, 6.07) is 8.10. The molecule has 1 aromatic carbocycles. The lowest BCUT2D eigenvalue weighted by atomic mass is 9.81. The quantitative estimate of drug-likeness (QED) is 0.629. The maximum absolute atomic E-state index is 5.96. The van der Waals surface area contributed by atoms with Crippen LogP contribution >= 0.6 is 54.8 Å². The van der Waals surface area contributed by atoms with Crippen molar-refractivity contribution in [1.82, 2.24) is 4.98 Å². The number of nitrogens with zero attached hydrogens (tertiary/aromatic N) is 1. The molecule has 5 heteroatoms. The van der Waals surface area contributed by atoms with Gasteiger partial charge in [0.05, 0.1) is 5.51 Å². The number of benzene rings is 1. The Balaban J connectivity index is 2.33. The van der Waals surface area contributed by atoms with Gasteiger partial charge in [0.2, 0.25) is 0 Å². The van der Waals surface area contributed by atoms with Crippen molar-refractivity contribution in [3.63, 3.8) is 0 Å². The SMILES string of the molecule is Clc1ccc(C(CBr)(CBr)Cc2cncs2)cc1. The van der Waals surface area contributed by atoms with Gasteiger partial charge in [0.1, 0.15) is 0 Å². The van der Waals surface area contributed by atoms with Gasteiger partial charge in [-0.25, -0.2) is 0 Å². The molecule has 1 nitrogen and oxygen atoms in total. The topological polar surface area (TPSA) is 12.9 Å². The van der Waals surface area contributed by atoms with E-state index >= 15 is 0 Å². The van der Waals surface area contributed by atoms with Crippen molar-refractivity contribution in [2.75, 3.05) is 10.7 Å². The van der Waals surface area contributed by atoms with Crippen LogP contribution in [0.1, 0.15) is 10.4 Å². The summed E-state index contributed by atoms with van der Waals surface area (Å²) in [5.41, 5.74) is 3.20. The van der Waals surface area contributed by atoms with E-state index in [1.807, 2.05) is 23.8 Å². The first kappa shape index (κ1) is 14.5. The van der Waals surface area contributed by atoms with Crippen LogP contribution in [0.3, 0.4) is 0 Å². The zero-order valence-corrected chi connectivity index (χ0v) is 14.3. The van der Waals surface area contributed by atoms with Crippen LogP contribution in [0.25, 0.3) is 0 Å². The molecule has 96 valence electrons. The van der Waals surface area contributed by atoms with Crippen LogP contribution in [0.5, 0.6) is 0 Å². The molecule has 0 amide bonds. The van der Waals surface area contributed by atoms with Gasteiger partial charge < -0.3 is 0 Å². The molecule has 0 aliphatic carbocycles. The molecule has 2 rings (SSSR count). The first-order valence-electron chi connectivity index (χ1n) is 5.45. The predicted molar refractivity (Wildman–Crippen MR) is 86.5 cm³/mol. The molecule has 2 aromatic rings. The van der Waals surface area contributed by atoms with Gasteiger partial charge in [0.25, 0.3) is 0 Å². The second kappa shape index (κ2) is 6.51. The molecule has 1 aromatic heterocycles.